The van der Waals surface area contributed by atoms with Gasteiger partial charge in [-0.1, -0.05) is 25.4 Å². The third-order valence-corrected chi connectivity index (χ3v) is 6.16. The van der Waals surface area contributed by atoms with Gasteiger partial charge in [0.15, 0.2) is 0 Å². The van der Waals surface area contributed by atoms with E-state index in [1.165, 1.54) is 0 Å². The minimum absolute atomic E-state index is 0.0115. The smallest absolute Gasteiger partial charge is 0.255 e. The van der Waals surface area contributed by atoms with E-state index in [1.54, 1.807) is 34.0 Å². The first kappa shape index (κ1) is 26.5. The van der Waals surface area contributed by atoms with Gasteiger partial charge in [-0.3, -0.25) is 19.1 Å². The van der Waals surface area contributed by atoms with Crippen LogP contribution in [0.15, 0.2) is 36.7 Å². The van der Waals surface area contributed by atoms with Crippen LogP contribution in [0.5, 0.6) is 5.75 Å². The van der Waals surface area contributed by atoms with Gasteiger partial charge in [-0.2, -0.15) is 5.10 Å². The summed E-state index contributed by atoms with van der Waals surface area (Å²) < 4.78 is 7.74. The number of benzene rings is 1. The largest absolute Gasteiger partial charge is 0.491 e. The van der Waals surface area contributed by atoms with Gasteiger partial charge in [0, 0.05) is 43.5 Å². The molecule has 9 nitrogen and oxygen atoms in total. The van der Waals surface area contributed by atoms with E-state index in [0.29, 0.717) is 61.7 Å². The second-order valence-corrected chi connectivity index (χ2v) is 9.46. The van der Waals surface area contributed by atoms with Gasteiger partial charge in [0.2, 0.25) is 11.8 Å². The number of carbonyl (C=O) groups is 3. The lowest BCUT2D eigenvalue weighted by atomic mass is 10.1. The van der Waals surface area contributed by atoms with E-state index in [1.807, 2.05) is 26.1 Å². The van der Waals surface area contributed by atoms with Crippen LogP contribution in [0.25, 0.3) is 0 Å². The van der Waals surface area contributed by atoms with Crippen molar-refractivity contribution in [1.82, 2.24) is 25.3 Å². The first-order valence-corrected chi connectivity index (χ1v) is 12.5. The molecule has 0 spiro atoms. The van der Waals surface area contributed by atoms with Crippen molar-refractivity contribution in [3.8, 4) is 5.75 Å². The van der Waals surface area contributed by atoms with Crippen LogP contribution in [0.4, 0.5) is 0 Å². The molecule has 0 saturated carbocycles. The van der Waals surface area contributed by atoms with E-state index < -0.39 is 0 Å². The molecule has 1 aromatic carbocycles. The molecule has 1 aromatic heterocycles. The van der Waals surface area contributed by atoms with Crippen LogP contribution in [-0.2, 0) is 16.1 Å². The van der Waals surface area contributed by atoms with Crippen LogP contribution in [0, 0.1) is 5.92 Å². The number of halogens is 1. The fourth-order valence-corrected chi connectivity index (χ4v) is 3.98. The maximum Gasteiger partial charge on any atom is 0.255 e. The average Bonchev–Trinajstić information content (AvgIpc) is 3.33. The van der Waals surface area contributed by atoms with Crippen LogP contribution in [0.3, 0.4) is 0 Å². The number of aromatic nitrogens is 2. The van der Waals surface area contributed by atoms with Crippen molar-refractivity contribution in [2.75, 3.05) is 26.2 Å². The topological polar surface area (TPSA) is 106 Å². The van der Waals surface area contributed by atoms with Gasteiger partial charge in [-0.15, -0.1) is 0 Å². The molecule has 2 N–H and O–H groups in total. The minimum atomic E-state index is -0.295. The third kappa shape index (κ3) is 8.28. The molecule has 0 bridgehead atoms. The standard InChI is InChI=1S/C25H34ClN5O4/c1-18(2)21-17-35-22-9-8-19(26)15-20(22)25(34)27-10-3-4-12-30(16-23(32)29-21)24(33)7-5-13-31-14-6-11-28-31/h6,8-9,11,14-15,18,21H,3-5,7,10,12-13,16-17H2,1-2H3,(H,27,34)(H,29,32)/t21-/m0/s1. The van der Waals surface area contributed by atoms with Gasteiger partial charge in [0.25, 0.3) is 5.91 Å². The number of ether oxygens (including phenoxy) is 1. The first-order valence-electron chi connectivity index (χ1n) is 12.1. The molecule has 1 atom stereocenters. The summed E-state index contributed by atoms with van der Waals surface area (Å²) in [6.07, 6.45) is 5.85. The number of nitrogens with zero attached hydrogens (tertiary/aromatic N) is 3. The molecule has 3 amide bonds. The second kappa shape index (κ2) is 13.1. The van der Waals surface area contributed by atoms with Crippen LogP contribution in [0.2, 0.25) is 5.02 Å². The predicted molar refractivity (Wildman–Crippen MR) is 133 cm³/mol. The number of hydrogen-bond donors (Lipinski definition) is 2. The number of rotatable bonds is 5. The van der Waals surface area contributed by atoms with Crippen molar-refractivity contribution < 1.29 is 19.1 Å². The second-order valence-electron chi connectivity index (χ2n) is 9.02. The summed E-state index contributed by atoms with van der Waals surface area (Å²) in [4.78, 5) is 40.2. The SMILES string of the molecule is CC(C)[C@@H]1COc2ccc(Cl)cc2C(=O)NCCCCN(C(=O)CCCn2cccn2)CC(=O)N1. The Hall–Kier alpha value is -3.07. The van der Waals surface area contributed by atoms with E-state index in [4.69, 9.17) is 16.3 Å². The molecule has 190 valence electrons. The zero-order chi connectivity index (χ0) is 25.2. The Kier molecular flexibility index (Phi) is 9.96. The van der Waals surface area contributed by atoms with E-state index in [0.717, 1.165) is 0 Å². The summed E-state index contributed by atoms with van der Waals surface area (Å²) in [6.45, 7) is 5.65. The molecule has 0 saturated heterocycles. The Morgan fingerprint density at radius 2 is 2.11 bits per heavy atom. The molecule has 0 fully saturated rings. The number of fused-ring (bicyclic) bond motifs is 1. The van der Waals surface area contributed by atoms with Gasteiger partial charge in [0.05, 0.1) is 18.2 Å². The molecule has 2 heterocycles. The highest BCUT2D eigenvalue weighted by Gasteiger charge is 2.23. The van der Waals surface area contributed by atoms with Crippen molar-refractivity contribution >= 4 is 29.3 Å². The first-order chi connectivity index (χ1) is 16.8. The molecule has 35 heavy (non-hydrogen) atoms. The quantitative estimate of drug-likeness (QED) is 0.652. The molecule has 0 aliphatic carbocycles. The maximum absolute atomic E-state index is 12.9. The Morgan fingerprint density at radius 3 is 2.86 bits per heavy atom. The zero-order valence-corrected chi connectivity index (χ0v) is 21.1. The number of amides is 3. The van der Waals surface area contributed by atoms with Gasteiger partial charge >= 0.3 is 0 Å². The molecule has 3 rings (SSSR count). The minimum Gasteiger partial charge on any atom is -0.491 e. The summed E-state index contributed by atoms with van der Waals surface area (Å²) in [7, 11) is 0. The summed E-state index contributed by atoms with van der Waals surface area (Å²) in [5.74, 6) is -0.0738. The van der Waals surface area contributed by atoms with Gasteiger partial charge in [0.1, 0.15) is 12.4 Å². The van der Waals surface area contributed by atoms with Gasteiger partial charge < -0.3 is 20.3 Å². The van der Waals surface area contributed by atoms with Crippen molar-refractivity contribution in [2.24, 2.45) is 5.92 Å². The predicted octanol–water partition coefficient (Wildman–Crippen LogP) is 2.89. The lowest BCUT2D eigenvalue weighted by molar-refractivity contribution is -0.136. The zero-order valence-electron chi connectivity index (χ0n) is 20.3. The van der Waals surface area contributed by atoms with Crippen LogP contribution in [-0.4, -0.2) is 64.7 Å². The highest BCUT2D eigenvalue weighted by atomic mass is 35.5. The molecule has 10 heteroatoms. The Labute approximate surface area is 211 Å². The molecular formula is C25H34ClN5O4. The lowest BCUT2D eigenvalue weighted by Gasteiger charge is -2.26. The third-order valence-electron chi connectivity index (χ3n) is 5.92. The molecule has 1 aliphatic heterocycles. The van der Waals surface area contributed by atoms with Crippen molar-refractivity contribution in [2.45, 2.75) is 52.1 Å². The maximum atomic E-state index is 12.9. The number of carbonyl (C=O) groups excluding carboxylic acids is 3. The molecular weight excluding hydrogens is 470 g/mol. The summed E-state index contributed by atoms with van der Waals surface area (Å²) in [5.41, 5.74) is 0.357. The molecule has 0 radical (unpaired) electrons. The fourth-order valence-electron chi connectivity index (χ4n) is 3.81. The summed E-state index contributed by atoms with van der Waals surface area (Å²) >= 11 is 6.11. The Bertz CT molecular complexity index is 996. The number of hydrogen-bond acceptors (Lipinski definition) is 5. The van der Waals surface area contributed by atoms with E-state index in [9.17, 15) is 14.4 Å². The highest BCUT2D eigenvalue weighted by molar-refractivity contribution is 6.31. The van der Waals surface area contributed by atoms with Crippen LogP contribution in [0.1, 0.15) is 49.9 Å². The Morgan fingerprint density at radius 1 is 1.29 bits per heavy atom. The van der Waals surface area contributed by atoms with Crippen molar-refractivity contribution in [3.63, 3.8) is 0 Å². The van der Waals surface area contributed by atoms with E-state index >= 15 is 0 Å². The van der Waals surface area contributed by atoms with Crippen molar-refractivity contribution in [3.05, 3.63) is 47.2 Å². The average molecular weight is 504 g/mol. The lowest BCUT2D eigenvalue weighted by Crippen LogP contribution is -2.48. The molecule has 2 aromatic rings. The highest BCUT2D eigenvalue weighted by Crippen LogP contribution is 2.23. The molecule has 0 unspecified atom stereocenters. The summed E-state index contributed by atoms with van der Waals surface area (Å²) in [6, 6.07) is 6.46. The van der Waals surface area contributed by atoms with Gasteiger partial charge in [-0.25, -0.2) is 0 Å². The van der Waals surface area contributed by atoms with Gasteiger partial charge in [-0.05, 0) is 49.4 Å². The monoisotopic (exact) mass is 503 g/mol. The molecule has 1 aliphatic rings. The summed E-state index contributed by atoms with van der Waals surface area (Å²) in [5, 5.41) is 10.5. The Balaban J connectivity index is 1.69. The van der Waals surface area contributed by atoms with Crippen molar-refractivity contribution in [1.29, 1.82) is 0 Å². The fraction of sp³-hybridized carbons (Fsp3) is 0.520. The van der Waals surface area contributed by atoms with E-state index in [2.05, 4.69) is 15.7 Å². The normalized spacial score (nSPS) is 18.1. The van der Waals surface area contributed by atoms with Crippen LogP contribution < -0.4 is 15.4 Å². The van der Waals surface area contributed by atoms with E-state index in [-0.39, 0.29) is 42.8 Å². The van der Waals surface area contributed by atoms with Crippen LogP contribution >= 0.6 is 11.6 Å². The number of nitrogens with one attached hydrogen (secondary N) is 2. The number of aryl methyl sites for hydroxylation is 1.